The van der Waals surface area contributed by atoms with Crippen molar-refractivity contribution in [1.82, 2.24) is 4.98 Å². The molecule has 3 nitrogen and oxygen atoms in total. The van der Waals surface area contributed by atoms with E-state index < -0.39 is 5.97 Å². The van der Waals surface area contributed by atoms with E-state index in [1.165, 1.54) is 9.75 Å². The van der Waals surface area contributed by atoms with Crippen LogP contribution in [0.4, 0.5) is 0 Å². The monoisotopic (exact) mass is 311 g/mol. The molecule has 0 atom stereocenters. The highest BCUT2D eigenvalue weighted by molar-refractivity contribution is 7.12. The molecule has 112 valence electrons. The number of rotatable bonds is 3. The van der Waals surface area contributed by atoms with Gasteiger partial charge in [0.25, 0.3) is 0 Å². The van der Waals surface area contributed by atoms with Crippen LogP contribution in [0, 0.1) is 20.8 Å². The quantitative estimate of drug-likeness (QED) is 0.774. The second-order valence-electron chi connectivity index (χ2n) is 5.48. The predicted octanol–water partition coefficient (Wildman–Crippen LogP) is 4.52. The highest BCUT2D eigenvalue weighted by atomic mass is 32.1. The van der Waals surface area contributed by atoms with Gasteiger partial charge in [-0.15, -0.1) is 11.3 Å². The van der Waals surface area contributed by atoms with Crippen molar-refractivity contribution in [2.24, 2.45) is 0 Å². The molecule has 4 heteroatoms. The van der Waals surface area contributed by atoms with E-state index in [9.17, 15) is 9.90 Å². The summed E-state index contributed by atoms with van der Waals surface area (Å²) < 4.78 is 0. The molecular formula is C18H17NO2S. The molecule has 0 aliphatic heterocycles. The molecule has 0 bridgehead atoms. The van der Waals surface area contributed by atoms with Crippen molar-refractivity contribution in [3.8, 4) is 11.3 Å². The zero-order valence-corrected chi connectivity index (χ0v) is 13.6. The number of benzene rings is 1. The number of pyridine rings is 1. The van der Waals surface area contributed by atoms with Crippen LogP contribution in [0.15, 0.2) is 30.3 Å². The lowest BCUT2D eigenvalue weighted by Gasteiger charge is -2.13. The zero-order chi connectivity index (χ0) is 15.9. The van der Waals surface area contributed by atoms with E-state index in [4.69, 9.17) is 4.98 Å². The Hall–Kier alpha value is -2.20. The summed E-state index contributed by atoms with van der Waals surface area (Å²) in [6.45, 7) is 6.11. The van der Waals surface area contributed by atoms with Crippen LogP contribution in [0.3, 0.4) is 0 Å². The van der Waals surface area contributed by atoms with E-state index in [-0.39, 0.29) is 6.42 Å². The standard InChI is InChI=1S/C18H17NO2S/c1-10-8-15(12(3)22-10)18-14(9-17(20)21)11(2)13-6-4-5-7-16(13)19-18/h4-8H,9H2,1-3H3,(H,20,21). The Labute approximate surface area is 133 Å². The highest BCUT2D eigenvalue weighted by Gasteiger charge is 2.18. The van der Waals surface area contributed by atoms with Gasteiger partial charge in [0.2, 0.25) is 0 Å². The molecule has 1 aromatic carbocycles. The minimum Gasteiger partial charge on any atom is -0.481 e. The third-order valence-corrected chi connectivity index (χ3v) is 4.87. The number of aliphatic carboxylic acids is 1. The number of carboxylic acid groups (broad SMARTS) is 1. The molecule has 2 heterocycles. The number of carbonyl (C=O) groups is 1. The van der Waals surface area contributed by atoms with E-state index in [0.717, 1.165) is 33.3 Å². The molecular weight excluding hydrogens is 294 g/mol. The molecule has 3 aromatic rings. The molecule has 0 unspecified atom stereocenters. The molecule has 0 aliphatic carbocycles. The lowest BCUT2D eigenvalue weighted by atomic mass is 9.96. The van der Waals surface area contributed by atoms with Crippen molar-refractivity contribution in [2.45, 2.75) is 27.2 Å². The first-order valence-electron chi connectivity index (χ1n) is 7.15. The summed E-state index contributed by atoms with van der Waals surface area (Å²) in [5.41, 5.74) is 4.58. The van der Waals surface area contributed by atoms with Gasteiger partial charge in [0.05, 0.1) is 17.6 Å². The van der Waals surface area contributed by atoms with Crippen molar-refractivity contribution < 1.29 is 9.90 Å². The van der Waals surface area contributed by atoms with Crippen molar-refractivity contribution in [3.05, 3.63) is 51.2 Å². The van der Waals surface area contributed by atoms with Gasteiger partial charge in [0, 0.05) is 20.7 Å². The predicted molar refractivity (Wildman–Crippen MR) is 90.6 cm³/mol. The Morgan fingerprint density at radius 2 is 1.95 bits per heavy atom. The summed E-state index contributed by atoms with van der Waals surface area (Å²) in [6, 6.07) is 9.99. The van der Waals surface area contributed by atoms with Gasteiger partial charge in [0.1, 0.15) is 0 Å². The number of aryl methyl sites for hydroxylation is 3. The summed E-state index contributed by atoms with van der Waals surface area (Å²) in [5.74, 6) is -0.828. The number of carboxylic acids is 1. The summed E-state index contributed by atoms with van der Waals surface area (Å²) in [4.78, 5) is 18.5. The SMILES string of the molecule is Cc1cc(-c2nc3ccccc3c(C)c2CC(=O)O)c(C)s1. The molecule has 0 radical (unpaired) electrons. The van der Waals surface area contributed by atoms with Crippen molar-refractivity contribution >= 4 is 28.2 Å². The molecule has 0 amide bonds. The van der Waals surface area contributed by atoms with Gasteiger partial charge in [-0.25, -0.2) is 4.98 Å². The Bertz CT molecular complexity index is 880. The molecule has 0 saturated heterocycles. The Kier molecular flexibility index (Phi) is 3.71. The first-order chi connectivity index (χ1) is 10.5. The lowest BCUT2D eigenvalue weighted by Crippen LogP contribution is -2.06. The molecule has 22 heavy (non-hydrogen) atoms. The molecule has 0 spiro atoms. The Balaban J connectivity index is 2.36. The lowest BCUT2D eigenvalue weighted by molar-refractivity contribution is -0.136. The van der Waals surface area contributed by atoms with Gasteiger partial charge >= 0.3 is 5.97 Å². The smallest absolute Gasteiger partial charge is 0.307 e. The van der Waals surface area contributed by atoms with Gasteiger partial charge < -0.3 is 5.11 Å². The van der Waals surface area contributed by atoms with Crippen LogP contribution >= 0.6 is 11.3 Å². The van der Waals surface area contributed by atoms with Gasteiger partial charge in [-0.05, 0) is 44.0 Å². The average molecular weight is 311 g/mol. The first kappa shape index (κ1) is 14.7. The first-order valence-corrected chi connectivity index (χ1v) is 7.96. The van der Waals surface area contributed by atoms with E-state index in [0.29, 0.717) is 0 Å². The number of hydrogen-bond acceptors (Lipinski definition) is 3. The van der Waals surface area contributed by atoms with E-state index >= 15 is 0 Å². The summed E-state index contributed by atoms with van der Waals surface area (Å²) >= 11 is 1.72. The minimum atomic E-state index is -0.828. The number of hydrogen-bond donors (Lipinski definition) is 1. The number of thiophene rings is 1. The fraction of sp³-hybridized carbons (Fsp3) is 0.222. The molecule has 0 aliphatic rings. The Morgan fingerprint density at radius 1 is 1.23 bits per heavy atom. The summed E-state index contributed by atoms with van der Waals surface area (Å²) in [7, 11) is 0. The molecule has 0 fully saturated rings. The van der Waals surface area contributed by atoms with Gasteiger partial charge in [-0.1, -0.05) is 18.2 Å². The van der Waals surface area contributed by atoms with E-state index in [1.54, 1.807) is 11.3 Å². The number of aromatic nitrogens is 1. The molecule has 1 N–H and O–H groups in total. The third-order valence-electron chi connectivity index (χ3n) is 3.90. The van der Waals surface area contributed by atoms with E-state index in [1.807, 2.05) is 31.2 Å². The average Bonchev–Trinajstić information content (AvgIpc) is 2.80. The summed E-state index contributed by atoms with van der Waals surface area (Å²) in [5, 5.41) is 10.3. The van der Waals surface area contributed by atoms with E-state index in [2.05, 4.69) is 19.9 Å². The van der Waals surface area contributed by atoms with Crippen molar-refractivity contribution in [2.75, 3.05) is 0 Å². The Morgan fingerprint density at radius 3 is 2.59 bits per heavy atom. The third kappa shape index (κ3) is 2.50. The fourth-order valence-electron chi connectivity index (χ4n) is 2.87. The number of fused-ring (bicyclic) bond motifs is 1. The topological polar surface area (TPSA) is 50.2 Å². The van der Waals surface area contributed by atoms with Crippen LogP contribution in [0.1, 0.15) is 20.9 Å². The minimum absolute atomic E-state index is 0.00661. The summed E-state index contributed by atoms with van der Waals surface area (Å²) in [6.07, 6.45) is -0.00661. The van der Waals surface area contributed by atoms with Crippen molar-refractivity contribution in [1.29, 1.82) is 0 Å². The normalized spacial score (nSPS) is 11.0. The maximum Gasteiger partial charge on any atom is 0.307 e. The largest absolute Gasteiger partial charge is 0.481 e. The van der Waals surface area contributed by atoms with Gasteiger partial charge in [-0.2, -0.15) is 0 Å². The maximum absolute atomic E-state index is 11.3. The molecule has 2 aromatic heterocycles. The second kappa shape index (κ2) is 5.54. The van der Waals surface area contributed by atoms with Gasteiger partial charge in [0.15, 0.2) is 0 Å². The van der Waals surface area contributed by atoms with Gasteiger partial charge in [-0.3, -0.25) is 4.79 Å². The maximum atomic E-state index is 11.3. The number of nitrogens with zero attached hydrogens (tertiary/aromatic N) is 1. The molecule has 3 rings (SSSR count). The number of para-hydroxylation sites is 1. The van der Waals surface area contributed by atoms with Crippen LogP contribution in [-0.4, -0.2) is 16.1 Å². The van der Waals surface area contributed by atoms with Crippen LogP contribution in [-0.2, 0) is 11.2 Å². The van der Waals surface area contributed by atoms with Crippen LogP contribution in [0.5, 0.6) is 0 Å². The zero-order valence-electron chi connectivity index (χ0n) is 12.8. The fourth-order valence-corrected chi connectivity index (χ4v) is 3.80. The second-order valence-corrected chi connectivity index (χ2v) is 6.94. The highest BCUT2D eigenvalue weighted by Crippen LogP contribution is 2.35. The van der Waals surface area contributed by atoms with Crippen LogP contribution in [0.2, 0.25) is 0 Å². The van der Waals surface area contributed by atoms with Crippen molar-refractivity contribution in [3.63, 3.8) is 0 Å². The van der Waals surface area contributed by atoms with Crippen LogP contribution in [0.25, 0.3) is 22.2 Å². The van der Waals surface area contributed by atoms with Crippen LogP contribution < -0.4 is 0 Å². The molecule has 0 saturated carbocycles.